The van der Waals surface area contributed by atoms with Crippen LogP contribution in [0.1, 0.15) is 62.6 Å². The molecule has 0 unspecified atom stereocenters. The Morgan fingerprint density at radius 2 is 1.90 bits per heavy atom. The summed E-state index contributed by atoms with van der Waals surface area (Å²) in [6, 6.07) is 8.96. The molecule has 0 radical (unpaired) electrons. The quantitative estimate of drug-likeness (QED) is 0.841. The molecule has 0 amide bonds. The van der Waals surface area contributed by atoms with Crippen molar-refractivity contribution in [3.63, 3.8) is 0 Å². The third-order valence-electron chi connectivity index (χ3n) is 4.56. The third-order valence-corrected chi connectivity index (χ3v) is 4.56. The third kappa shape index (κ3) is 2.39. The Morgan fingerprint density at radius 1 is 1.15 bits per heavy atom. The van der Waals surface area contributed by atoms with E-state index < -0.39 is 0 Å². The first-order chi connectivity index (χ1) is 9.69. The van der Waals surface area contributed by atoms with Gasteiger partial charge in [-0.15, -0.1) is 0 Å². The Morgan fingerprint density at radius 3 is 2.55 bits per heavy atom. The van der Waals surface area contributed by atoms with E-state index in [1.54, 1.807) is 0 Å². The molecule has 1 heterocycles. The van der Waals surface area contributed by atoms with Gasteiger partial charge >= 0.3 is 0 Å². The molecular formula is C18H24N2. The van der Waals surface area contributed by atoms with E-state index in [1.165, 1.54) is 48.0 Å². The highest BCUT2D eigenvalue weighted by molar-refractivity contribution is 5.92. The summed E-state index contributed by atoms with van der Waals surface area (Å²) < 4.78 is 0. The van der Waals surface area contributed by atoms with Crippen LogP contribution in [0.4, 0.5) is 5.69 Å². The van der Waals surface area contributed by atoms with E-state index in [4.69, 9.17) is 4.98 Å². The fourth-order valence-electron chi connectivity index (χ4n) is 3.26. The van der Waals surface area contributed by atoms with Gasteiger partial charge in [0.05, 0.1) is 5.52 Å². The maximum absolute atomic E-state index is 4.93. The number of hydrogen-bond donors (Lipinski definition) is 1. The van der Waals surface area contributed by atoms with E-state index in [2.05, 4.69) is 43.4 Å². The molecular weight excluding hydrogens is 244 g/mol. The summed E-state index contributed by atoms with van der Waals surface area (Å²) in [5, 5.41) is 4.61. The Balaban J connectivity index is 2.11. The lowest BCUT2D eigenvalue weighted by Gasteiger charge is -2.15. The van der Waals surface area contributed by atoms with Crippen molar-refractivity contribution in [3.8, 4) is 0 Å². The second-order valence-electron chi connectivity index (χ2n) is 6.26. The van der Waals surface area contributed by atoms with Gasteiger partial charge in [0.15, 0.2) is 0 Å². The van der Waals surface area contributed by atoms with Gasteiger partial charge in [0.1, 0.15) is 0 Å². The lowest BCUT2D eigenvalue weighted by Crippen LogP contribution is -2.01. The summed E-state index contributed by atoms with van der Waals surface area (Å²) in [6.45, 7) is 4.47. The van der Waals surface area contributed by atoms with Gasteiger partial charge in [-0.05, 0) is 42.5 Å². The van der Waals surface area contributed by atoms with Crippen molar-refractivity contribution in [2.75, 3.05) is 12.4 Å². The predicted octanol–water partition coefficient (Wildman–Crippen LogP) is 5.06. The van der Waals surface area contributed by atoms with Crippen molar-refractivity contribution in [1.82, 2.24) is 4.98 Å². The van der Waals surface area contributed by atoms with E-state index in [0.717, 1.165) is 5.52 Å². The number of benzene rings is 1. The van der Waals surface area contributed by atoms with Gasteiger partial charge in [0, 0.05) is 29.7 Å². The number of nitrogens with one attached hydrogen (secondary N) is 1. The van der Waals surface area contributed by atoms with Crippen LogP contribution in [0.2, 0.25) is 0 Å². The molecule has 1 aromatic heterocycles. The summed E-state index contributed by atoms with van der Waals surface area (Å²) in [4.78, 5) is 4.93. The van der Waals surface area contributed by atoms with Gasteiger partial charge in [0.25, 0.3) is 0 Å². The monoisotopic (exact) mass is 268 g/mol. The minimum atomic E-state index is 0.554. The zero-order chi connectivity index (χ0) is 14.1. The molecule has 3 rings (SSSR count). The molecule has 0 spiro atoms. The molecule has 1 aliphatic carbocycles. The minimum absolute atomic E-state index is 0.554. The van der Waals surface area contributed by atoms with Gasteiger partial charge in [-0.2, -0.15) is 0 Å². The second-order valence-corrected chi connectivity index (χ2v) is 6.26. The number of hydrogen-bond acceptors (Lipinski definition) is 2. The van der Waals surface area contributed by atoms with E-state index in [1.807, 2.05) is 7.05 Å². The fraction of sp³-hybridized carbons (Fsp3) is 0.500. The van der Waals surface area contributed by atoms with Gasteiger partial charge in [0.2, 0.25) is 0 Å². The van der Waals surface area contributed by atoms with Crippen LogP contribution in [0.3, 0.4) is 0 Å². The Kier molecular flexibility index (Phi) is 3.64. The molecule has 1 aliphatic rings. The van der Waals surface area contributed by atoms with Crippen molar-refractivity contribution < 1.29 is 0 Å². The SMILES string of the molecule is CNc1cc(C2CCCC2)nc2ccc(C(C)C)cc12. The molecule has 1 fully saturated rings. The Bertz CT molecular complexity index is 610. The van der Waals surface area contributed by atoms with Crippen molar-refractivity contribution >= 4 is 16.6 Å². The van der Waals surface area contributed by atoms with Crippen LogP contribution in [0.25, 0.3) is 10.9 Å². The summed E-state index contributed by atoms with van der Waals surface area (Å²) in [7, 11) is 2.01. The lowest BCUT2D eigenvalue weighted by atomic mass is 9.98. The molecule has 2 heteroatoms. The van der Waals surface area contributed by atoms with Gasteiger partial charge in [-0.25, -0.2) is 0 Å². The molecule has 1 saturated carbocycles. The van der Waals surface area contributed by atoms with Crippen LogP contribution in [-0.4, -0.2) is 12.0 Å². The van der Waals surface area contributed by atoms with Gasteiger partial charge in [-0.3, -0.25) is 4.98 Å². The zero-order valence-electron chi connectivity index (χ0n) is 12.7. The number of aromatic nitrogens is 1. The fourth-order valence-corrected chi connectivity index (χ4v) is 3.26. The van der Waals surface area contributed by atoms with Crippen LogP contribution in [-0.2, 0) is 0 Å². The van der Waals surface area contributed by atoms with Crippen LogP contribution >= 0.6 is 0 Å². The molecule has 1 aromatic carbocycles. The lowest BCUT2D eigenvalue weighted by molar-refractivity contribution is 0.701. The number of pyridine rings is 1. The first-order valence-electron chi connectivity index (χ1n) is 7.81. The zero-order valence-corrected chi connectivity index (χ0v) is 12.7. The predicted molar refractivity (Wildman–Crippen MR) is 86.6 cm³/mol. The van der Waals surface area contributed by atoms with Crippen LogP contribution in [0, 0.1) is 0 Å². The number of fused-ring (bicyclic) bond motifs is 1. The summed E-state index contributed by atoms with van der Waals surface area (Å²) in [5.74, 6) is 1.22. The topological polar surface area (TPSA) is 24.9 Å². The van der Waals surface area contributed by atoms with Crippen LogP contribution in [0.5, 0.6) is 0 Å². The number of anilines is 1. The molecule has 20 heavy (non-hydrogen) atoms. The molecule has 1 N–H and O–H groups in total. The van der Waals surface area contributed by atoms with Crippen LogP contribution in [0.15, 0.2) is 24.3 Å². The van der Waals surface area contributed by atoms with Crippen molar-refractivity contribution in [2.24, 2.45) is 0 Å². The smallest absolute Gasteiger partial charge is 0.0726 e. The van der Waals surface area contributed by atoms with Crippen LogP contribution < -0.4 is 5.32 Å². The number of nitrogens with zero attached hydrogens (tertiary/aromatic N) is 1. The molecule has 0 bridgehead atoms. The largest absolute Gasteiger partial charge is 0.388 e. The average Bonchev–Trinajstić information content (AvgIpc) is 2.99. The maximum Gasteiger partial charge on any atom is 0.0726 e. The number of rotatable bonds is 3. The highest BCUT2D eigenvalue weighted by atomic mass is 14.8. The molecule has 0 saturated heterocycles. The normalized spacial score (nSPS) is 16.2. The van der Waals surface area contributed by atoms with Gasteiger partial charge < -0.3 is 5.32 Å². The second kappa shape index (κ2) is 5.43. The van der Waals surface area contributed by atoms with Crippen molar-refractivity contribution in [2.45, 2.75) is 51.4 Å². The first kappa shape index (κ1) is 13.4. The molecule has 106 valence electrons. The highest BCUT2D eigenvalue weighted by Gasteiger charge is 2.19. The van der Waals surface area contributed by atoms with E-state index in [-0.39, 0.29) is 0 Å². The average molecular weight is 268 g/mol. The van der Waals surface area contributed by atoms with Crippen molar-refractivity contribution in [1.29, 1.82) is 0 Å². The standard InChI is InChI=1S/C18H24N2/c1-12(2)14-8-9-16-15(10-14)18(19-3)11-17(20-16)13-6-4-5-7-13/h8-13H,4-7H2,1-3H3,(H,19,20). The molecule has 2 nitrogen and oxygen atoms in total. The van der Waals surface area contributed by atoms with Gasteiger partial charge in [-0.1, -0.05) is 32.8 Å². The Labute approximate surface area is 121 Å². The van der Waals surface area contributed by atoms with Crippen molar-refractivity contribution in [3.05, 3.63) is 35.5 Å². The minimum Gasteiger partial charge on any atom is -0.388 e. The summed E-state index contributed by atoms with van der Waals surface area (Å²) in [5.41, 5.74) is 5.00. The van der Waals surface area contributed by atoms with E-state index in [0.29, 0.717) is 11.8 Å². The highest BCUT2D eigenvalue weighted by Crippen LogP contribution is 2.36. The first-order valence-corrected chi connectivity index (χ1v) is 7.81. The summed E-state index contributed by atoms with van der Waals surface area (Å²) >= 11 is 0. The molecule has 0 aliphatic heterocycles. The summed E-state index contributed by atoms with van der Waals surface area (Å²) in [6.07, 6.45) is 5.30. The Hall–Kier alpha value is -1.57. The van der Waals surface area contributed by atoms with E-state index in [9.17, 15) is 0 Å². The van der Waals surface area contributed by atoms with E-state index >= 15 is 0 Å². The maximum atomic E-state index is 4.93. The molecule has 0 atom stereocenters. The molecule has 2 aromatic rings.